The van der Waals surface area contributed by atoms with Gasteiger partial charge in [0.25, 0.3) is 5.91 Å². The van der Waals surface area contributed by atoms with Crippen LogP contribution in [0.3, 0.4) is 0 Å². The lowest BCUT2D eigenvalue weighted by Crippen LogP contribution is -2.29. The highest BCUT2D eigenvalue weighted by Crippen LogP contribution is 2.17. The molecule has 20 heavy (non-hydrogen) atoms. The van der Waals surface area contributed by atoms with Crippen LogP contribution in [-0.4, -0.2) is 15.7 Å². The second-order valence-electron chi connectivity index (χ2n) is 4.63. The highest BCUT2D eigenvalue weighted by atomic mass is 16.2. The Bertz CT molecular complexity index is 577. The van der Waals surface area contributed by atoms with E-state index in [1.54, 1.807) is 10.9 Å². The van der Waals surface area contributed by atoms with Crippen LogP contribution in [-0.2, 0) is 6.54 Å². The van der Waals surface area contributed by atoms with Crippen molar-refractivity contribution in [3.63, 3.8) is 0 Å². The summed E-state index contributed by atoms with van der Waals surface area (Å²) in [5, 5.41) is 7.17. The fraction of sp³-hybridized carbons (Fsp3) is 0.333. The molecule has 1 aromatic carbocycles. The number of rotatable bonds is 5. The van der Waals surface area contributed by atoms with E-state index in [2.05, 4.69) is 10.4 Å². The van der Waals surface area contributed by atoms with Crippen molar-refractivity contribution >= 4 is 11.6 Å². The Morgan fingerprint density at radius 2 is 2.05 bits per heavy atom. The molecule has 0 bridgehead atoms. The standard InChI is InChI=1S/C15H20N4O/c1-3-13(11-8-6-5-7-9-11)17-15(20)14-12(16)10-19(4-2)18-14/h5-10,13H,3-4,16H2,1-2H3,(H,17,20). The van der Waals surface area contributed by atoms with Crippen LogP contribution in [0.1, 0.15) is 42.4 Å². The molecule has 0 fully saturated rings. The van der Waals surface area contributed by atoms with Gasteiger partial charge in [-0.15, -0.1) is 0 Å². The fourth-order valence-electron chi connectivity index (χ4n) is 2.11. The van der Waals surface area contributed by atoms with Gasteiger partial charge < -0.3 is 11.1 Å². The van der Waals surface area contributed by atoms with Crippen LogP contribution in [0.4, 0.5) is 5.69 Å². The molecule has 2 rings (SSSR count). The van der Waals surface area contributed by atoms with Crippen LogP contribution in [0.5, 0.6) is 0 Å². The molecule has 0 saturated carbocycles. The Kier molecular flexibility index (Phi) is 4.40. The lowest BCUT2D eigenvalue weighted by Gasteiger charge is -2.16. The average Bonchev–Trinajstić information content (AvgIpc) is 2.86. The van der Waals surface area contributed by atoms with Crippen molar-refractivity contribution in [3.8, 4) is 0 Å². The largest absolute Gasteiger partial charge is 0.396 e. The van der Waals surface area contributed by atoms with Crippen molar-refractivity contribution in [2.45, 2.75) is 32.9 Å². The zero-order chi connectivity index (χ0) is 14.5. The van der Waals surface area contributed by atoms with E-state index in [4.69, 9.17) is 5.73 Å². The van der Waals surface area contributed by atoms with Gasteiger partial charge in [0.1, 0.15) is 0 Å². The molecule has 0 aliphatic rings. The van der Waals surface area contributed by atoms with Gasteiger partial charge in [0.15, 0.2) is 5.69 Å². The summed E-state index contributed by atoms with van der Waals surface area (Å²) in [6.45, 7) is 4.67. The van der Waals surface area contributed by atoms with Crippen LogP contribution in [0.15, 0.2) is 36.5 Å². The van der Waals surface area contributed by atoms with E-state index in [1.807, 2.05) is 44.2 Å². The van der Waals surface area contributed by atoms with E-state index in [0.717, 1.165) is 12.0 Å². The molecule has 1 atom stereocenters. The molecule has 1 amide bonds. The average molecular weight is 272 g/mol. The minimum absolute atomic E-state index is 0.0325. The molecule has 0 aliphatic carbocycles. The topological polar surface area (TPSA) is 72.9 Å². The number of benzene rings is 1. The summed E-state index contributed by atoms with van der Waals surface area (Å²) in [5.41, 5.74) is 7.61. The van der Waals surface area contributed by atoms with Gasteiger partial charge in [0, 0.05) is 12.7 Å². The van der Waals surface area contributed by atoms with E-state index < -0.39 is 0 Å². The highest BCUT2D eigenvalue weighted by molar-refractivity contribution is 5.97. The number of aryl methyl sites for hydroxylation is 1. The number of hydrogen-bond acceptors (Lipinski definition) is 3. The summed E-state index contributed by atoms with van der Waals surface area (Å²) in [6, 6.07) is 9.85. The highest BCUT2D eigenvalue weighted by Gasteiger charge is 2.18. The van der Waals surface area contributed by atoms with E-state index in [1.165, 1.54) is 0 Å². The molecular formula is C15H20N4O. The molecule has 0 radical (unpaired) electrons. The Hall–Kier alpha value is -2.30. The smallest absolute Gasteiger partial charge is 0.274 e. The van der Waals surface area contributed by atoms with E-state index >= 15 is 0 Å². The maximum atomic E-state index is 12.3. The van der Waals surface area contributed by atoms with Crippen LogP contribution >= 0.6 is 0 Å². The number of anilines is 1. The fourth-order valence-corrected chi connectivity index (χ4v) is 2.11. The number of hydrogen-bond donors (Lipinski definition) is 2. The number of carbonyl (C=O) groups is 1. The van der Waals surface area contributed by atoms with Crippen molar-refractivity contribution in [1.82, 2.24) is 15.1 Å². The van der Waals surface area contributed by atoms with Gasteiger partial charge >= 0.3 is 0 Å². The van der Waals surface area contributed by atoms with Gasteiger partial charge in [0.2, 0.25) is 0 Å². The van der Waals surface area contributed by atoms with Crippen LogP contribution in [0, 0.1) is 0 Å². The third kappa shape index (κ3) is 2.99. The summed E-state index contributed by atoms with van der Waals surface area (Å²) in [6.07, 6.45) is 2.49. The van der Waals surface area contributed by atoms with Gasteiger partial charge in [-0.05, 0) is 18.9 Å². The first-order chi connectivity index (χ1) is 9.65. The van der Waals surface area contributed by atoms with E-state index in [0.29, 0.717) is 17.9 Å². The monoisotopic (exact) mass is 272 g/mol. The van der Waals surface area contributed by atoms with Gasteiger partial charge in [-0.2, -0.15) is 5.10 Å². The van der Waals surface area contributed by atoms with Crippen molar-refractivity contribution in [3.05, 3.63) is 47.8 Å². The summed E-state index contributed by atoms with van der Waals surface area (Å²) in [5.74, 6) is -0.231. The first-order valence-electron chi connectivity index (χ1n) is 6.84. The van der Waals surface area contributed by atoms with Crippen LogP contribution < -0.4 is 11.1 Å². The lowest BCUT2D eigenvalue weighted by atomic mass is 10.0. The Balaban J connectivity index is 2.15. The molecule has 2 aromatic rings. The van der Waals surface area contributed by atoms with Crippen LogP contribution in [0.25, 0.3) is 0 Å². The molecule has 1 heterocycles. The molecule has 1 unspecified atom stereocenters. The Labute approximate surface area is 118 Å². The van der Waals surface area contributed by atoms with Crippen LogP contribution in [0.2, 0.25) is 0 Å². The molecule has 1 aromatic heterocycles. The van der Waals surface area contributed by atoms with Gasteiger partial charge in [-0.1, -0.05) is 37.3 Å². The first-order valence-corrected chi connectivity index (χ1v) is 6.84. The lowest BCUT2D eigenvalue weighted by molar-refractivity contribution is 0.0930. The Morgan fingerprint density at radius 1 is 1.35 bits per heavy atom. The predicted octanol–water partition coefficient (Wildman–Crippen LogP) is 2.37. The molecule has 0 saturated heterocycles. The maximum absolute atomic E-state index is 12.3. The van der Waals surface area contributed by atoms with Crippen molar-refractivity contribution in [1.29, 1.82) is 0 Å². The van der Waals surface area contributed by atoms with Gasteiger partial charge in [-0.3, -0.25) is 9.48 Å². The zero-order valence-corrected chi connectivity index (χ0v) is 11.8. The minimum atomic E-state index is -0.231. The second-order valence-corrected chi connectivity index (χ2v) is 4.63. The van der Waals surface area contributed by atoms with Gasteiger partial charge in [-0.25, -0.2) is 0 Å². The molecule has 106 valence electrons. The molecule has 3 N–H and O–H groups in total. The van der Waals surface area contributed by atoms with Crippen molar-refractivity contribution in [2.75, 3.05) is 5.73 Å². The van der Waals surface area contributed by atoms with E-state index in [-0.39, 0.29) is 11.9 Å². The van der Waals surface area contributed by atoms with E-state index in [9.17, 15) is 4.79 Å². The maximum Gasteiger partial charge on any atom is 0.274 e. The molecule has 5 nitrogen and oxygen atoms in total. The molecule has 0 aliphatic heterocycles. The number of nitrogens with zero attached hydrogens (tertiary/aromatic N) is 2. The quantitative estimate of drug-likeness (QED) is 0.877. The summed E-state index contributed by atoms with van der Waals surface area (Å²) in [7, 11) is 0. The Morgan fingerprint density at radius 3 is 2.60 bits per heavy atom. The van der Waals surface area contributed by atoms with Crippen molar-refractivity contribution < 1.29 is 4.79 Å². The third-order valence-corrected chi connectivity index (χ3v) is 3.24. The summed E-state index contributed by atoms with van der Waals surface area (Å²) < 4.78 is 1.66. The number of nitrogens with two attached hydrogens (primary N) is 1. The number of nitrogens with one attached hydrogen (secondary N) is 1. The first kappa shape index (κ1) is 14.1. The predicted molar refractivity (Wildman–Crippen MR) is 79.3 cm³/mol. The molecule has 0 spiro atoms. The van der Waals surface area contributed by atoms with Crippen molar-refractivity contribution in [2.24, 2.45) is 0 Å². The number of carbonyl (C=O) groups excluding carboxylic acids is 1. The number of nitrogen functional groups attached to an aromatic ring is 1. The summed E-state index contributed by atoms with van der Waals surface area (Å²) in [4.78, 5) is 12.3. The molecule has 5 heteroatoms. The van der Waals surface area contributed by atoms with Gasteiger partial charge in [0.05, 0.1) is 11.7 Å². The second kappa shape index (κ2) is 6.23. The number of aromatic nitrogens is 2. The SMILES string of the molecule is CCC(NC(=O)c1nn(CC)cc1N)c1ccccc1. The normalized spacial score (nSPS) is 12.1. The number of amides is 1. The minimum Gasteiger partial charge on any atom is -0.396 e. The summed E-state index contributed by atoms with van der Waals surface area (Å²) >= 11 is 0. The zero-order valence-electron chi connectivity index (χ0n) is 11.8. The third-order valence-electron chi connectivity index (χ3n) is 3.24. The molecular weight excluding hydrogens is 252 g/mol.